The quantitative estimate of drug-likeness (QED) is 0.839. The number of hydrogen-bond acceptors (Lipinski definition) is 2. The average molecular weight is 273 g/mol. The van der Waals surface area contributed by atoms with Gasteiger partial charge < -0.3 is 5.32 Å². The number of hydrogen-bond donors (Lipinski definition) is 2. The van der Waals surface area contributed by atoms with Crippen molar-refractivity contribution in [3.05, 3.63) is 53.5 Å². The van der Waals surface area contributed by atoms with E-state index in [9.17, 15) is 9.18 Å². The molecular formula is C15H16FN3O. The van der Waals surface area contributed by atoms with E-state index in [0.29, 0.717) is 17.3 Å². The molecule has 1 heterocycles. The number of rotatable bonds is 4. The Kier molecular flexibility index (Phi) is 4.30. The molecule has 0 spiro atoms. The number of aromatic amines is 1. The number of carbonyl (C=O) groups is 1. The first kappa shape index (κ1) is 14.0. The Morgan fingerprint density at radius 2 is 2.20 bits per heavy atom. The van der Waals surface area contributed by atoms with E-state index in [4.69, 9.17) is 0 Å². The third-order valence-corrected chi connectivity index (χ3v) is 2.75. The minimum atomic E-state index is -0.332. The summed E-state index contributed by atoms with van der Waals surface area (Å²) >= 11 is 0. The van der Waals surface area contributed by atoms with Crippen LogP contribution in [-0.2, 0) is 4.79 Å². The maximum Gasteiger partial charge on any atom is 0.249 e. The summed E-state index contributed by atoms with van der Waals surface area (Å²) in [7, 11) is 0. The topological polar surface area (TPSA) is 57.8 Å². The molecule has 20 heavy (non-hydrogen) atoms. The van der Waals surface area contributed by atoms with E-state index < -0.39 is 0 Å². The van der Waals surface area contributed by atoms with Crippen molar-refractivity contribution in [1.29, 1.82) is 0 Å². The average Bonchev–Trinajstić information content (AvgIpc) is 2.85. The second-order valence-corrected chi connectivity index (χ2v) is 4.74. The summed E-state index contributed by atoms with van der Waals surface area (Å²) in [5.41, 5.74) is 1.58. The summed E-state index contributed by atoms with van der Waals surface area (Å²) in [6, 6.07) is 7.82. The van der Waals surface area contributed by atoms with Crippen molar-refractivity contribution in [2.45, 2.75) is 19.8 Å². The highest BCUT2D eigenvalue weighted by molar-refractivity contribution is 6.01. The lowest BCUT2D eigenvalue weighted by Gasteiger charge is -1.97. The van der Waals surface area contributed by atoms with E-state index in [0.717, 1.165) is 5.69 Å². The summed E-state index contributed by atoms with van der Waals surface area (Å²) in [6.07, 6.45) is 2.90. The first-order valence-electron chi connectivity index (χ1n) is 6.34. The van der Waals surface area contributed by atoms with Crippen LogP contribution in [0.25, 0.3) is 6.08 Å². The highest BCUT2D eigenvalue weighted by Gasteiger charge is 2.06. The molecule has 1 aromatic heterocycles. The zero-order valence-corrected chi connectivity index (χ0v) is 11.4. The van der Waals surface area contributed by atoms with Crippen LogP contribution in [0.15, 0.2) is 36.4 Å². The van der Waals surface area contributed by atoms with E-state index in [1.807, 2.05) is 13.8 Å². The molecular weight excluding hydrogens is 257 g/mol. The predicted molar refractivity (Wildman–Crippen MR) is 76.7 cm³/mol. The van der Waals surface area contributed by atoms with Gasteiger partial charge in [-0.1, -0.05) is 26.0 Å². The van der Waals surface area contributed by atoms with Gasteiger partial charge in [-0.3, -0.25) is 9.89 Å². The van der Waals surface area contributed by atoms with Crippen LogP contribution in [0.3, 0.4) is 0 Å². The fourth-order valence-electron chi connectivity index (χ4n) is 1.65. The van der Waals surface area contributed by atoms with Gasteiger partial charge in [0.2, 0.25) is 5.91 Å². The summed E-state index contributed by atoms with van der Waals surface area (Å²) in [5, 5.41) is 9.49. The van der Waals surface area contributed by atoms with Crippen molar-refractivity contribution in [3.8, 4) is 0 Å². The van der Waals surface area contributed by atoms with Gasteiger partial charge in [0.15, 0.2) is 5.82 Å². The number of benzene rings is 1. The number of carbonyl (C=O) groups excluding carboxylic acids is 1. The van der Waals surface area contributed by atoms with Crippen molar-refractivity contribution in [2.24, 2.45) is 0 Å². The molecule has 0 bridgehead atoms. The van der Waals surface area contributed by atoms with Gasteiger partial charge in [0, 0.05) is 17.8 Å². The molecule has 0 atom stereocenters. The Labute approximate surface area is 116 Å². The van der Waals surface area contributed by atoms with Gasteiger partial charge in [-0.2, -0.15) is 5.10 Å². The van der Waals surface area contributed by atoms with Gasteiger partial charge in [-0.05, 0) is 29.7 Å². The first-order chi connectivity index (χ1) is 9.54. The molecule has 5 heteroatoms. The predicted octanol–water partition coefficient (Wildman–Crippen LogP) is 3.32. The zero-order chi connectivity index (χ0) is 14.5. The summed E-state index contributed by atoms with van der Waals surface area (Å²) in [4.78, 5) is 11.7. The molecule has 0 radical (unpaired) electrons. The van der Waals surface area contributed by atoms with Crippen molar-refractivity contribution < 1.29 is 9.18 Å². The SMILES string of the molecule is CC(C)c1cc(NC(=O)/C=C/c2cccc(F)c2)n[nH]1. The number of halogens is 1. The highest BCUT2D eigenvalue weighted by Crippen LogP contribution is 2.14. The Morgan fingerprint density at radius 3 is 2.85 bits per heavy atom. The Balaban J connectivity index is 1.98. The number of aromatic nitrogens is 2. The molecule has 0 saturated carbocycles. The molecule has 0 aliphatic carbocycles. The summed E-state index contributed by atoms with van der Waals surface area (Å²) in [5.74, 6) is 0.149. The molecule has 2 aromatic rings. The fourth-order valence-corrected chi connectivity index (χ4v) is 1.65. The molecule has 104 valence electrons. The molecule has 2 rings (SSSR count). The Hall–Kier alpha value is -2.43. The molecule has 1 amide bonds. The maximum absolute atomic E-state index is 13.0. The maximum atomic E-state index is 13.0. The van der Waals surface area contributed by atoms with Crippen LogP contribution < -0.4 is 5.32 Å². The molecule has 2 N–H and O–H groups in total. The zero-order valence-electron chi connectivity index (χ0n) is 11.4. The number of nitrogens with one attached hydrogen (secondary N) is 2. The van der Waals surface area contributed by atoms with Crippen molar-refractivity contribution in [3.63, 3.8) is 0 Å². The van der Waals surface area contributed by atoms with Crippen LogP contribution in [0.4, 0.5) is 10.2 Å². The van der Waals surface area contributed by atoms with E-state index in [1.54, 1.807) is 24.3 Å². The normalized spacial score (nSPS) is 11.2. The third-order valence-electron chi connectivity index (χ3n) is 2.75. The monoisotopic (exact) mass is 273 g/mol. The molecule has 0 fully saturated rings. The van der Waals surface area contributed by atoms with E-state index in [-0.39, 0.29) is 11.7 Å². The molecule has 0 unspecified atom stereocenters. The minimum Gasteiger partial charge on any atom is -0.306 e. The second-order valence-electron chi connectivity index (χ2n) is 4.74. The molecule has 0 aliphatic rings. The smallest absolute Gasteiger partial charge is 0.249 e. The number of nitrogens with zero attached hydrogens (tertiary/aromatic N) is 1. The lowest BCUT2D eigenvalue weighted by Crippen LogP contribution is -2.07. The van der Waals surface area contributed by atoms with Crippen LogP contribution in [-0.4, -0.2) is 16.1 Å². The number of anilines is 1. The van der Waals surface area contributed by atoms with Crippen LogP contribution in [0, 0.1) is 5.82 Å². The fraction of sp³-hybridized carbons (Fsp3) is 0.200. The van der Waals surface area contributed by atoms with Crippen LogP contribution >= 0.6 is 0 Å². The van der Waals surface area contributed by atoms with Gasteiger partial charge in [-0.25, -0.2) is 4.39 Å². The lowest BCUT2D eigenvalue weighted by molar-refractivity contribution is -0.111. The van der Waals surface area contributed by atoms with Crippen molar-refractivity contribution in [1.82, 2.24) is 10.2 Å². The number of amides is 1. The summed E-state index contributed by atoms with van der Waals surface area (Å²) < 4.78 is 13.0. The van der Waals surface area contributed by atoms with Gasteiger partial charge in [-0.15, -0.1) is 0 Å². The molecule has 1 aromatic carbocycles. The van der Waals surface area contributed by atoms with Gasteiger partial charge in [0.1, 0.15) is 5.82 Å². The van der Waals surface area contributed by atoms with Crippen LogP contribution in [0.2, 0.25) is 0 Å². The van der Waals surface area contributed by atoms with E-state index in [1.165, 1.54) is 18.2 Å². The van der Waals surface area contributed by atoms with Crippen molar-refractivity contribution >= 4 is 17.8 Å². The van der Waals surface area contributed by atoms with E-state index in [2.05, 4.69) is 15.5 Å². The Morgan fingerprint density at radius 1 is 1.40 bits per heavy atom. The standard InChI is InChI=1S/C15H16FN3O/c1-10(2)13-9-14(19-18-13)17-15(20)7-6-11-4-3-5-12(16)8-11/h3-10H,1-2H3,(H2,17,18,19,20)/b7-6+. The van der Waals surface area contributed by atoms with Crippen molar-refractivity contribution in [2.75, 3.05) is 5.32 Å². The van der Waals surface area contributed by atoms with Gasteiger partial charge >= 0.3 is 0 Å². The van der Waals surface area contributed by atoms with Gasteiger partial charge in [0.05, 0.1) is 0 Å². The van der Waals surface area contributed by atoms with E-state index >= 15 is 0 Å². The highest BCUT2D eigenvalue weighted by atomic mass is 19.1. The molecule has 4 nitrogen and oxygen atoms in total. The first-order valence-corrected chi connectivity index (χ1v) is 6.34. The Bertz CT molecular complexity index is 632. The second kappa shape index (κ2) is 6.14. The summed E-state index contributed by atoms with van der Waals surface area (Å²) in [6.45, 7) is 4.06. The van der Waals surface area contributed by atoms with Crippen LogP contribution in [0.1, 0.15) is 31.0 Å². The largest absolute Gasteiger partial charge is 0.306 e. The third kappa shape index (κ3) is 3.78. The lowest BCUT2D eigenvalue weighted by atomic mass is 10.1. The molecule has 0 aliphatic heterocycles. The number of H-pyrrole nitrogens is 1. The minimum absolute atomic E-state index is 0.309. The van der Waals surface area contributed by atoms with Gasteiger partial charge in [0.25, 0.3) is 0 Å². The van der Waals surface area contributed by atoms with Crippen LogP contribution in [0.5, 0.6) is 0 Å². The molecule has 0 saturated heterocycles.